The molecule has 0 aliphatic carbocycles. The number of aromatic nitrogens is 1. The normalized spacial score (nSPS) is 11.7. The second-order valence-corrected chi connectivity index (χ2v) is 5.87. The third kappa shape index (κ3) is 4.53. The number of carboxylic acid groups (broad SMARTS) is 1. The Bertz CT molecular complexity index is 682. The number of carbonyl (C=O) groups excluding carboxylic acids is 1. The zero-order chi connectivity index (χ0) is 16.8. The summed E-state index contributed by atoms with van der Waals surface area (Å²) in [4.78, 5) is 27.3. The predicted molar refractivity (Wildman–Crippen MR) is 87.1 cm³/mol. The maximum atomic E-state index is 12.0. The maximum Gasteiger partial charge on any atom is 0.326 e. The van der Waals surface area contributed by atoms with Crippen molar-refractivity contribution < 1.29 is 19.4 Å². The lowest BCUT2D eigenvalue weighted by molar-refractivity contribution is -0.139. The molecule has 0 aliphatic rings. The molecule has 1 heterocycles. The molecule has 1 aromatic heterocycles. The van der Waals surface area contributed by atoms with Crippen molar-refractivity contribution >= 4 is 23.2 Å². The molecule has 0 radical (unpaired) electrons. The lowest BCUT2D eigenvalue weighted by Crippen LogP contribution is -2.40. The molecule has 0 fully saturated rings. The molecule has 23 heavy (non-hydrogen) atoms. The summed E-state index contributed by atoms with van der Waals surface area (Å²) in [7, 11) is 1.61. The van der Waals surface area contributed by atoms with E-state index in [4.69, 9.17) is 9.84 Å². The summed E-state index contributed by atoms with van der Waals surface area (Å²) in [6, 6.07) is 6.73. The molecule has 1 atom stereocenters. The monoisotopic (exact) mass is 334 g/mol. The Morgan fingerprint density at radius 3 is 2.61 bits per heavy atom. The fourth-order valence-electron chi connectivity index (χ4n) is 1.98. The first-order chi connectivity index (χ1) is 11.0. The molecule has 1 amide bonds. The summed E-state index contributed by atoms with van der Waals surface area (Å²) in [5, 5.41) is 13.9. The Morgan fingerprint density at radius 2 is 2.04 bits per heavy atom. The van der Waals surface area contributed by atoms with E-state index in [1.54, 1.807) is 19.4 Å². The number of benzene rings is 1. The first-order valence-electron chi connectivity index (χ1n) is 7.14. The minimum atomic E-state index is -1.05. The fraction of sp³-hybridized carbons (Fsp3) is 0.312. The van der Waals surface area contributed by atoms with Crippen molar-refractivity contribution in [3.63, 3.8) is 0 Å². The molecule has 2 rings (SSSR count). The minimum absolute atomic E-state index is 0.248. The highest BCUT2D eigenvalue weighted by Crippen LogP contribution is 2.17. The van der Waals surface area contributed by atoms with E-state index >= 15 is 0 Å². The van der Waals surface area contributed by atoms with Crippen LogP contribution in [0.4, 0.5) is 0 Å². The van der Waals surface area contributed by atoms with Crippen LogP contribution < -0.4 is 10.1 Å². The summed E-state index contributed by atoms with van der Waals surface area (Å²) in [6.07, 6.45) is 0.933. The van der Waals surface area contributed by atoms with Crippen molar-refractivity contribution in [1.82, 2.24) is 10.3 Å². The van der Waals surface area contributed by atoms with Gasteiger partial charge in [-0.15, -0.1) is 11.3 Å². The molecule has 0 spiro atoms. The highest BCUT2D eigenvalue weighted by atomic mass is 32.1. The number of ether oxygens (including phenoxy) is 1. The molecule has 7 heteroatoms. The second-order valence-electron chi connectivity index (χ2n) is 4.92. The van der Waals surface area contributed by atoms with Gasteiger partial charge in [0.05, 0.1) is 12.1 Å². The standard InChI is InChI=1S/C16H18N2O4S/c1-3-12(16(20)21)18-15(19)13-9-23-14(17-13)8-10-4-6-11(22-2)7-5-10/h4-7,9,12H,3,8H2,1-2H3,(H,18,19)(H,20,21). The third-order valence-electron chi connectivity index (χ3n) is 3.31. The van der Waals surface area contributed by atoms with Gasteiger partial charge in [-0.3, -0.25) is 4.79 Å². The fourth-order valence-corrected chi connectivity index (χ4v) is 2.79. The van der Waals surface area contributed by atoms with Gasteiger partial charge in [-0.2, -0.15) is 0 Å². The minimum Gasteiger partial charge on any atom is -0.497 e. The number of nitrogens with zero attached hydrogens (tertiary/aromatic N) is 1. The van der Waals surface area contributed by atoms with Gasteiger partial charge in [0.1, 0.15) is 17.5 Å². The van der Waals surface area contributed by atoms with E-state index < -0.39 is 17.9 Å². The van der Waals surface area contributed by atoms with Gasteiger partial charge in [-0.1, -0.05) is 19.1 Å². The molecule has 0 aliphatic heterocycles. The van der Waals surface area contributed by atoms with Crippen molar-refractivity contribution in [2.45, 2.75) is 25.8 Å². The number of thiazole rings is 1. The number of nitrogens with one attached hydrogen (secondary N) is 1. The number of carboxylic acids is 1. The number of carbonyl (C=O) groups is 2. The summed E-state index contributed by atoms with van der Waals surface area (Å²) in [6.45, 7) is 1.70. The Kier molecular flexibility index (Phi) is 5.70. The molecule has 122 valence electrons. The largest absolute Gasteiger partial charge is 0.497 e. The number of amides is 1. The quantitative estimate of drug-likeness (QED) is 0.811. The first-order valence-corrected chi connectivity index (χ1v) is 8.02. The molecule has 2 aromatic rings. The van der Waals surface area contributed by atoms with E-state index in [2.05, 4.69) is 10.3 Å². The number of aliphatic carboxylic acids is 1. The van der Waals surface area contributed by atoms with E-state index in [1.807, 2.05) is 24.3 Å². The van der Waals surface area contributed by atoms with Gasteiger partial charge in [0.25, 0.3) is 5.91 Å². The van der Waals surface area contributed by atoms with E-state index in [0.717, 1.165) is 16.3 Å². The van der Waals surface area contributed by atoms with Crippen molar-refractivity contribution in [2.24, 2.45) is 0 Å². The molecule has 2 N–H and O–H groups in total. The molecule has 1 unspecified atom stereocenters. The number of methoxy groups -OCH3 is 1. The van der Waals surface area contributed by atoms with Gasteiger partial charge in [0.2, 0.25) is 0 Å². The lowest BCUT2D eigenvalue weighted by Gasteiger charge is -2.10. The number of hydrogen-bond donors (Lipinski definition) is 2. The number of hydrogen-bond acceptors (Lipinski definition) is 5. The average Bonchev–Trinajstić information content (AvgIpc) is 3.01. The van der Waals surface area contributed by atoms with Crippen LogP contribution >= 0.6 is 11.3 Å². The van der Waals surface area contributed by atoms with E-state index in [1.165, 1.54) is 11.3 Å². The van der Waals surface area contributed by atoms with Crippen LogP contribution in [0.25, 0.3) is 0 Å². The van der Waals surface area contributed by atoms with Crippen LogP contribution in [0, 0.1) is 0 Å². The molecular weight excluding hydrogens is 316 g/mol. The zero-order valence-electron chi connectivity index (χ0n) is 12.9. The summed E-state index contributed by atoms with van der Waals surface area (Å²) in [5.41, 5.74) is 1.31. The Hall–Kier alpha value is -2.41. The Labute approximate surface area is 138 Å². The molecule has 6 nitrogen and oxygen atoms in total. The molecule has 1 aromatic carbocycles. The smallest absolute Gasteiger partial charge is 0.326 e. The van der Waals surface area contributed by atoms with Gasteiger partial charge in [0, 0.05) is 11.8 Å². The maximum absolute atomic E-state index is 12.0. The van der Waals surface area contributed by atoms with Crippen LogP contribution in [0.15, 0.2) is 29.6 Å². The summed E-state index contributed by atoms with van der Waals surface area (Å²) in [5.74, 6) is -0.724. The molecule has 0 bridgehead atoms. The first kappa shape index (κ1) is 17.0. The van der Waals surface area contributed by atoms with Crippen molar-refractivity contribution in [3.8, 4) is 5.75 Å². The number of rotatable bonds is 7. The van der Waals surface area contributed by atoms with Crippen LogP contribution in [0.5, 0.6) is 5.75 Å². The van der Waals surface area contributed by atoms with Gasteiger partial charge < -0.3 is 15.2 Å². The van der Waals surface area contributed by atoms with Gasteiger partial charge >= 0.3 is 5.97 Å². The molecule has 0 saturated carbocycles. The van der Waals surface area contributed by atoms with Crippen LogP contribution in [0.1, 0.15) is 34.4 Å². The topological polar surface area (TPSA) is 88.5 Å². The van der Waals surface area contributed by atoms with Gasteiger partial charge in [-0.05, 0) is 24.1 Å². The van der Waals surface area contributed by atoms with Crippen LogP contribution in [-0.2, 0) is 11.2 Å². The predicted octanol–water partition coefficient (Wildman–Crippen LogP) is 2.34. The summed E-state index contributed by atoms with van der Waals surface area (Å²) < 4.78 is 5.11. The molecular formula is C16H18N2O4S. The van der Waals surface area contributed by atoms with Crippen molar-refractivity contribution in [3.05, 3.63) is 45.9 Å². The van der Waals surface area contributed by atoms with Gasteiger partial charge in [0.15, 0.2) is 0 Å². The third-order valence-corrected chi connectivity index (χ3v) is 4.16. The summed E-state index contributed by atoms with van der Waals surface area (Å²) >= 11 is 1.38. The van der Waals surface area contributed by atoms with Crippen molar-refractivity contribution in [2.75, 3.05) is 7.11 Å². The SMILES string of the molecule is CCC(NC(=O)c1csc(Cc2ccc(OC)cc2)n1)C(=O)O. The van der Waals surface area contributed by atoms with Crippen molar-refractivity contribution in [1.29, 1.82) is 0 Å². The van der Waals surface area contributed by atoms with E-state index in [0.29, 0.717) is 12.8 Å². The Morgan fingerprint density at radius 1 is 1.35 bits per heavy atom. The van der Waals surface area contributed by atoms with Crippen LogP contribution in [-0.4, -0.2) is 35.1 Å². The highest BCUT2D eigenvalue weighted by Gasteiger charge is 2.20. The Balaban J connectivity index is 2.01. The van der Waals surface area contributed by atoms with Crippen LogP contribution in [0.2, 0.25) is 0 Å². The molecule has 0 saturated heterocycles. The zero-order valence-corrected chi connectivity index (χ0v) is 13.7. The average molecular weight is 334 g/mol. The van der Waals surface area contributed by atoms with E-state index in [9.17, 15) is 9.59 Å². The van der Waals surface area contributed by atoms with Gasteiger partial charge in [-0.25, -0.2) is 9.78 Å². The van der Waals surface area contributed by atoms with Crippen LogP contribution in [0.3, 0.4) is 0 Å². The highest BCUT2D eigenvalue weighted by molar-refractivity contribution is 7.09. The van der Waals surface area contributed by atoms with E-state index in [-0.39, 0.29) is 5.69 Å². The second kappa shape index (κ2) is 7.73. The lowest BCUT2D eigenvalue weighted by atomic mass is 10.1.